The molecule has 0 bridgehead atoms. The normalized spacial score (nSPS) is 11.3. The van der Waals surface area contributed by atoms with Crippen molar-refractivity contribution in [3.8, 4) is 0 Å². The van der Waals surface area contributed by atoms with Crippen molar-refractivity contribution < 1.29 is 32.3 Å². The molecule has 0 aliphatic rings. The summed E-state index contributed by atoms with van der Waals surface area (Å²) < 4.78 is 49.0. The van der Waals surface area contributed by atoms with Gasteiger partial charge in [-0.25, -0.2) is 18.4 Å². The number of carbonyl (C=O) groups is 2. The number of carboxylic acids is 1. The average molecular weight is 308 g/mol. The van der Waals surface area contributed by atoms with Gasteiger partial charge in [-0.15, -0.1) is 0 Å². The Morgan fingerprint density at radius 3 is 2.43 bits per heavy atom. The number of nitrogens with one attached hydrogen (secondary N) is 2. The lowest BCUT2D eigenvalue weighted by atomic mass is 10.1. The molecule has 0 heterocycles. The lowest BCUT2D eigenvalue weighted by molar-refractivity contribution is -0.123. The molecule has 1 aromatic carbocycles. The summed E-state index contributed by atoms with van der Waals surface area (Å²) >= 11 is 0. The zero-order valence-corrected chi connectivity index (χ0v) is 10.8. The highest BCUT2D eigenvalue weighted by Crippen LogP contribution is 2.21. The Bertz CT molecular complexity index is 549. The molecule has 0 aromatic heterocycles. The zero-order chi connectivity index (χ0) is 16.2. The molecule has 0 unspecified atom stereocenters. The third kappa shape index (κ3) is 4.62. The summed E-state index contributed by atoms with van der Waals surface area (Å²) in [6, 6.07) is 2.69. The number of rotatable bonds is 5. The Balaban J connectivity index is 2.64. The van der Waals surface area contributed by atoms with Crippen molar-refractivity contribution in [2.45, 2.75) is 19.3 Å². The summed E-state index contributed by atoms with van der Waals surface area (Å²) in [4.78, 5) is 22.1. The van der Waals surface area contributed by atoms with Gasteiger partial charge in [0.2, 0.25) is 0 Å². The monoisotopic (exact) mass is 308 g/mol. The third-order valence-corrected chi connectivity index (χ3v) is 2.52. The minimum absolute atomic E-state index is 0.0187. The molecule has 116 valence electrons. The molecule has 0 aliphatic heterocycles. The molecule has 0 atom stereocenters. The number of aromatic carboxylic acids is 1. The van der Waals surface area contributed by atoms with E-state index < -0.39 is 30.9 Å². The Kier molecular flexibility index (Phi) is 5.12. The minimum Gasteiger partial charge on any atom is -0.478 e. The maximum atomic E-state index is 12.6. The van der Waals surface area contributed by atoms with Crippen LogP contribution in [0, 0.1) is 6.92 Å². The van der Waals surface area contributed by atoms with Gasteiger partial charge in [0.05, 0.1) is 12.1 Å². The molecule has 9 heteroatoms. The van der Waals surface area contributed by atoms with Crippen LogP contribution in [0.3, 0.4) is 0 Å². The second-order valence-corrected chi connectivity index (χ2v) is 4.20. The molecule has 5 nitrogen and oxygen atoms in total. The summed E-state index contributed by atoms with van der Waals surface area (Å²) in [5, 5.41) is 12.6. The van der Waals surface area contributed by atoms with Crippen LogP contribution in [-0.2, 0) is 0 Å². The maximum Gasteiger partial charge on any atom is 0.335 e. The van der Waals surface area contributed by atoms with Gasteiger partial charge >= 0.3 is 24.3 Å². The largest absolute Gasteiger partial charge is 0.478 e. The van der Waals surface area contributed by atoms with Crippen molar-refractivity contribution in [1.29, 1.82) is 0 Å². The third-order valence-electron chi connectivity index (χ3n) is 2.52. The summed E-state index contributed by atoms with van der Waals surface area (Å²) in [5.41, 5.74) is 0.513. The van der Waals surface area contributed by atoms with Crippen LogP contribution < -0.4 is 10.6 Å². The fourth-order valence-corrected chi connectivity index (χ4v) is 1.43. The van der Waals surface area contributed by atoms with E-state index in [0.29, 0.717) is 5.56 Å². The summed E-state index contributed by atoms with van der Waals surface area (Å²) in [7, 11) is 0. The van der Waals surface area contributed by atoms with Crippen LogP contribution in [-0.4, -0.2) is 36.0 Å². The summed E-state index contributed by atoms with van der Waals surface area (Å²) in [6.07, 6.45) is -3.88. The van der Waals surface area contributed by atoms with E-state index in [4.69, 9.17) is 5.11 Å². The SMILES string of the molecule is Cc1cc(NC(=O)NCC(F)(F)C(F)F)ccc1C(=O)O. The molecule has 3 N–H and O–H groups in total. The molecule has 0 spiro atoms. The smallest absolute Gasteiger partial charge is 0.335 e. The number of halogens is 4. The quantitative estimate of drug-likeness (QED) is 0.732. The van der Waals surface area contributed by atoms with Crippen molar-refractivity contribution in [3.63, 3.8) is 0 Å². The Labute approximate surface area is 117 Å². The van der Waals surface area contributed by atoms with Gasteiger partial charge < -0.3 is 15.7 Å². The maximum absolute atomic E-state index is 12.6. The number of amides is 2. The number of aryl methyl sites for hydroxylation is 1. The van der Waals surface area contributed by atoms with Gasteiger partial charge in [0, 0.05) is 5.69 Å². The minimum atomic E-state index is -4.32. The Hall–Kier alpha value is -2.32. The number of carbonyl (C=O) groups excluding carboxylic acids is 1. The Morgan fingerprint density at radius 1 is 1.33 bits per heavy atom. The average Bonchev–Trinajstić information content (AvgIpc) is 2.36. The van der Waals surface area contributed by atoms with Gasteiger partial charge in [-0.3, -0.25) is 0 Å². The van der Waals surface area contributed by atoms with E-state index in [2.05, 4.69) is 5.32 Å². The van der Waals surface area contributed by atoms with E-state index in [1.807, 2.05) is 0 Å². The van der Waals surface area contributed by atoms with Crippen LogP contribution in [0.1, 0.15) is 15.9 Å². The first-order valence-corrected chi connectivity index (χ1v) is 5.68. The predicted octanol–water partition coefficient (Wildman–Crippen LogP) is 2.72. The predicted molar refractivity (Wildman–Crippen MR) is 66.1 cm³/mol. The highest BCUT2D eigenvalue weighted by Gasteiger charge is 2.40. The van der Waals surface area contributed by atoms with Crippen molar-refractivity contribution in [1.82, 2.24) is 5.32 Å². The molecule has 0 fully saturated rings. The summed E-state index contributed by atoms with van der Waals surface area (Å²) in [6.45, 7) is -0.0276. The van der Waals surface area contributed by atoms with Crippen LogP contribution in [0.4, 0.5) is 28.0 Å². The molecular weight excluding hydrogens is 296 g/mol. The molecule has 1 rings (SSSR count). The molecule has 2 amide bonds. The van der Waals surface area contributed by atoms with E-state index in [9.17, 15) is 27.2 Å². The molecule has 21 heavy (non-hydrogen) atoms. The molecule has 0 radical (unpaired) electrons. The number of anilines is 1. The number of urea groups is 1. The number of benzene rings is 1. The van der Waals surface area contributed by atoms with Gasteiger partial charge in [-0.05, 0) is 30.7 Å². The van der Waals surface area contributed by atoms with Gasteiger partial charge in [0.15, 0.2) is 0 Å². The molecule has 1 aromatic rings. The van der Waals surface area contributed by atoms with E-state index in [1.54, 1.807) is 5.32 Å². The van der Waals surface area contributed by atoms with Crippen LogP contribution in [0.15, 0.2) is 18.2 Å². The van der Waals surface area contributed by atoms with E-state index >= 15 is 0 Å². The summed E-state index contributed by atoms with van der Waals surface area (Å²) in [5.74, 6) is -5.47. The second kappa shape index (κ2) is 6.42. The van der Waals surface area contributed by atoms with Crippen LogP contribution in [0.25, 0.3) is 0 Å². The van der Waals surface area contributed by atoms with Gasteiger partial charge in [-0.2, -0.15) is 8.78 Å². The van der Waals surface area contributed by atoms with E-state index in [-0.39, 0.29) is 11.3 Å². The fourth-order valence-electron chi connectivity index (χ4n) is 1.43. The standard InChI is InChI=1S/C12H12F4N2O3/c1-6-4-7(2-3-8(6)9(19)20)18-11(21)17-5-12(15,16)10(13)14/h2-4,10H,5H2,1H3,(H,19,20)(H2,17,18,21). The first kappa shape index (κ1) is 16.7. The number of hydrogen-bond donors (Lipinski definition) is 3. The number of carboxylic acid groups (broad SMARTS) is 1. The fraction of sp³-hybridized carbons (Fsp3) is 0.333. The van der Waals surface area contributed by atoms with Gasteiger partial charge in [0.25, 0.3) is 0 Å². The van der Waals surface area contributed by atoms with Crippen molar-refractivity contribution >= 4 is 17.7 Å². The van der Waals surface area contributed by atoms with Crippen molar-refractivity contribution in [2.24, 2.45) is 0 Å². The zero-order valence-electron chi connectivity index (χ0n) is 10.8. The number of alkyl halides is 4. The molecule has 0 saturated heterocycles. The Morgan fingerprint density at radius 2 is 1.95 bits per heavy atom. The lowest BCUT2D eigenvalue weighted by Gasteiger charge is -2.16. The van der Waals surface area contributed by atoms with Gasteiger partial charge in [0.1, 0.15) is 0 Å². The highest BCUT2D eigenvalue weighted by molar-refractivity contribution is 5.92. The molecule has 0 aliphatic carbocycles. The van der Waals surface area contributed by atoms with E-state index in [0.717, 1.165) is 0 Å². The highest BCUT2D eigenvalue weighted by atomic mass is 19.3. The van der Waals surface area contributed by atoms with Crippen molar-refractivity contribution in [2.75, 3.05) is 11.9 Å². The van der Waals surface area contributed by atoms with Gasteiger partial charge in [-0.1, -0.05) is 0 Å². The lowest BCUT2D eigenvalue weighted by Crippen LogP contribution is -2.42. The van der Waals surface area contributed by atoms with Crippen LogP contribution >= 0.6 is 0 Å². The number of hydrogen-bond acceptors (Lipinski definition) is 2. The first-order valence-electron chi connectivity index (χ1n) is 5.68. The molecular formula is C12H12F4N2O3. The van der Waals surface area contributed by atoms with Crippen LogP contribution in [0.5, 0.6) is 0 Å². The first-order chi connectivity index (χ1) is 9.63. The van der Waals surface area contributed by atoms with Crippen LogP contribution in [0.2, 0.25) is 0 Å². The topological polar surface area (TPSA) is 78.4 Å². The van der Waals surface area contributed by atoms with Crippen molar-refractivity contribution in [3.05, 3.63) is 29.3 Å². The van der Waals surface area contributed by atoms with E-state index in [1.165, 1.54) is 25.1 Å². The second-order valence-electron chi connectivity index (χ2n) is 4.20. The molecule has 0 saturated carbocycles.